The molecule has 0 saturated carbocycles. The summed E-state index contributed by atoms with van der Waals surface area (Å²) in [4.78, 5) is 15.1. The van der Waals surface area contributed by atoms with Gasteiger partial charge in [-0.3, -0.25) is 4.98 Å². The Labute approximate surface area is 149 Å². The SMILES string of the molecule is Cc1cc(N2CC3(C[C@H](Oc4cccnc4)CS3)C2)n2ncnc2n1. The maximum absolute atomic E-state index is 6.08. The fourth-order valence-electron chi connectivity index (χ4n) is 3.66. The Balaban J connectivity index is 1.29. The van der Waals surface area contributed by atoms with E-state index in [1.54, 1.807) is 18.7 Å². The van der Waals surface area contributed by atoms with Gasteiger partial charge in [-0.2, -0.15) is 14.6 Å². The van der Waals surface area contributed by atoms with E-state index in [-0.39, 0.29) is 10.9 Å². The van der Waals surface area contributed by atoms with Crippen molar-refractivity contribution in [3.63, 3.8) is 0 Å². The van der Waals surface area contributed by atoms with E-state index in [1.807, 2.05) is 35.3 Å². The lowest BCUT2D eigenvalue weighted by Crippen LogP contribution is -2.59. The van der Waals surface area contributed by atoms with Crippen LogP contribution in [0.4, 0.5) is 5.82 Å². The predicted molar refractivity (Wildman–Crippen MR) is 96.2 cm³/mol. The molecule has 0 bridgehead atoms. The summed E-state index contributed by atoms with van der Waals surface area (Å²) < 4.78 is 8.18. The van der Waals surface area contributed by atoms with Gasteiger partial charge in [0.1, 0.15) is 24.0 Å². The van der Waals surface area contributed by atoms with Crippen molar-refractivity contribution in [2.24, 2.45) is 0 Å². The molecular formula is C17H18N6OS. The molecule has 3 aromatic rings. The average Bonchev–Trinajstić information content (AvgIpc) is 3.20. The number of thioether (sulfide) groups is 1. The van der Waals surface area contributed by atoms with Crippen molar-refractivity contribution in [2.45, 2.75) is 24.2 Å². The van der Waals surface area contributed by atoms with Crippen LogP contribution in [0, 0.1) is 6.92 Å². The Hall–Kier alpha value is -2.35. The highest BCUT2D eigenvalue weighted by atomic mass is 32.2. The number of hydrogen-bond acceptors (Lipinski definition) is 7. The van der Waals surface area contributed by atoms with Crippen LogP contribution in [0.3, 0.4) is 0 Å². The summed E-state index contributed by atoms with van der Waals surface area (Å²) in [5.74, 6) is 3.61. The average molecular weight is 354 g/mol. The minimum absolute atomic E-state index is 0.252. The molecule has 0 unspecified atom stereocenters. The molecule has 2 aliphatic rings. The fourth-order valence-corrected chi connectivity index (χ4v) is 5.18. The van der Waals surface area contributed by atoms with E-state index < -0.39 is 0 Å². The van der Waals surface area contributed by atoms with Crippen molar-refractivity contribution in [3.05, 3.63) is 42.6 Å². The van der Waals surface area contributed by atoms with E-state index in [4.69, 9.17) is 4.74 Å². The van der Waals surface area contributed by atoms with Gasteiger partial charge in [0.15, 0.2) is 0 Å². The number of nitrogens with zero attached hydrogens (tertiary/aromatic N) is 6. The molecule has 5 rings (SSSR count). The van der Waals surface area contributed by atoms with Gasteiger partial charge in [0.05, 0.1) is 10.9 Å². The molecule has 5 heterocycles. The summed E-state index contributed by atoms with van der Waals surface area (Å²) in [5, 5.41) is 4.31. The first-order chi connectivity index (χ1) is 12.2. The molecule has 2 aliphatic heterocycles. The van der Waals surface area contributed by atoms with E-state index in [0.717, 1.165) is 42.5 Å². The van der Waals surface area contributed by atoms with Gasteiger partial charge in [-0.1, -0.05) is 0 Å². The standard InChI is InChI=1S/C17H18N6OS/c1-12-5-15(23-16(21-12)19-11-20-23)22-9-17(10-22)6-14(8-25-17)24-13-3-2-4-18-7-13/h2-5,7,11,14H,6,8-10H2,1H3/t14-/m0/s1. The lowest BCUT2D eigenvalue weighted by Gasteiger charge is -2.48. The zero-order valence-corrected chi connectivity index (χ0v) is 14.7. The zero-order chi connectivity index (χ0) is 16.9. The van der Waals surface area contributed by atoms with E-state index in [2.05, 4.69) is 31.0 Å². The predicted octanol–water partition coefficient (Wildman–Crippen LogP) is 1.97. The van der Waals surface area contributed by atoms with Crippen LogP contribution >= 0.6 is 11.8 Å². The molecule has 1 spiro atoms. The summed E-state index contributed by atoms with van der Waals surface area (Å²) in [6, 6.07) is 5.96. The van der Waals surface area contributed by atoms with Gasteiger partial charge in [-0.05, 0) is 19.1 Å². The highest BCUT2D eigenvalue weighted by molar-refractivity contribution is 8.01. The summed E-state index contributed by atoms with van der Waals surface area (Å²) in [7, 11) is 0. The van der Waals surface area contributed by atoms with Crippen molar-refractivity contribution in [2.75, 3.05) is 23.7 Å². The summed E-state index contributed by atoms with van der Waals surface area (Å²) in [5.41, 5.74) is 0.966. The van der Waals surface area contributed by atoms with Gasteiger partial charge in [0, 0.05) is 43.2 Å². The third-order valence-corrected chi connectivity index (χ3v) is 6.33. The van der Waals surface area contributed by atoms with Crippen LogP contribution in [0.15, 0.2) is 36.9 Å². The number of fused-ring (bicyclic) bond motifs is 1. The molecule has 0 amide bonds. The topological polar surface area (TPSA) is 68.4 Å². The first-order valence-electron chi connectivity index (χ1n) is 8.34. The van der Waals surface area contributed by atoms with Crippen molar-refractivity contribution in [3.8, 4) is 5.75 Å². The lowest BCUT2D eigenvalue weighted by molar-refractivity contribution is 0.201. The number of aryl methyl sites for hydroxylation is 1. The van der Waals surface area contributed by atoms with Gasteiger partial charge in [0.2, 0.25) is 0 Å². The van der Waals surface area contributed by atoms with Gasteiger partial charge >= 0.3 is 0 Å². The van der Waals surface area contributed by atoms with Crippen LogP contribution in [-0.4, -0.2) is 54.3 Å². The van der Waals surface area contributed by atoms with Crippen molar-refractivity contribution in [1.29, 1.82) is 0 Å². The molecule has 0 aliphatic carbocycles. The summed E-state index contributed by atoms with van der Waals surface area (Å²) >= 11 is 2.02. The Morgan fingerprint density at radius 3 is 3.12 bits per heavy atom. The van der Waals surface area contributed by atoms with Crippen LogP contribution in [0.1, 0.15) is 12.1 Å². The van der Waals surface area contributed by atoms with E-state index in [0.29, 0.717) is 5.78 Å². The van der Waals surface area contributed by atoms with Crippen molar-refractivity contribution in [1.82, 2.24) is 24.6 Å². The molecule has 3 aromatic heterocycles. The van der Waals surface area contributed by atoms with Crippen molar-refractivity contribution >= 4 is 23.4 Å². The normalized spacial score (nSPS) is 21.6. The van der Waals surface area contributed by atoms with Gasteiger partial charge < -0.3 is 9.64 Å². The highest BCUT2D eigenvalue weighted by Crippen LogP contribution is 2.47. The lowest BCUT2D eigenvalue weighted by atomic mass is 9.93. The van der Waals surface area contributed by atoms with E-state index >= 15 is 0 Å². The third-order valence-electron chi connectivity index (χ3n) is 4.76. The quantitative estimate of drug-likeness (QED) is 0.712. The molecule has 0 N–H and O–H groups in total. The Morgan fingerprint density at radius 2 is 2.28 bits per heavy atom. The van der Waals surface area contributed by atoms with E-state index in [9.17, 15) is 0 Å². The number of ether oxygens (including phenoxy) is 1. The molecule has 7 nitrogen and oxygen atoms in total. The molecule has 8 heteroatoms. The Morgan fingerprint density at radius 1 is 1.36 bits per heavy atom. The molecule has 0 aromatic carbocycles. The maximum atomic E-state index is 6.08. The van der Waals surface area contributed by atoms with Gasteiger partial charge in [-0.25, -0.2) is 4.98 Å². The Kier molecular flexibility index (Phi) is 3.34. The second kappa shape index (κ2) is 5.59. The smallest absolute Gasteiger partial charge is 0.254 e. The summed E-state index contributed by atoms with van der Waals surface area (Å²) in [6.45, 7) is 4.00. The molecular weight excluding hydrogens is 336 g/mol. The number of rotatable bonds is 3. The molecule has 0 radical (unpaired) electrons. The molecule has 128 valence electrons. The molecule has 1 atom stereocenters. The summed E-state index contributed by atoms with van der Waals surface area (Å²) in [6.07, 6.45) is 6.42. The Bertz CT molecular complexity index is 908. The second-order valence-electron chi connectivity index (χ2n) is 6.71. The first kappa shape index (κ1) is 14.9. The van der Waals surface area contributed by atoms with Crippen LogP contribution in [-0.2, 0) is 0 Å². The van der Waals surface area contributed by atoms with Crippen LogP contribution < -0.4 is 9.64 Å². The number of aromatic nitrogens is 5. The highest BCUT2D eigenvalue weighted by Gasteiger charge is 2.50. The molecule has 2 fully saturated rings. The third kappa shape index (κ3) is 2.60. The number of anilines is 1. The van der Waals surface area contributed by atoms with E-state index in [1.165, 1.54) is 0 Å². The molecule has 2 saturated heterocycles. The number of pyridine rings is 1. The first-order valence-corrected chi connectivity index (χ1v) is 9.32. The van der Waals surface area contributed by atoms with Crippen LogP contribution in [0.5, 0.6) is 5.75 Å². The second-order valence-corrected chi connectivity index (χ2v) is 8.20. The zero-order valence-electron chi connectivity index (χ0n) is 13.9. The van der Waals surface area contributed by atoms with Crippen LogP contribution in [0.2, 0.25) is 0 Å². The monoisotopic (exact) mass is 354 g/mol. The molecule has 25 heavy (non-hydrogen) atoms. The number of hydrogen-bond donors (Lipinski definition) is 0. The maximum Gasteiger partial charge on any atom is 0.254 e. The minimum atomic E-state index is 0.252. The van der Waals surface area contributed by atoms with Gasteiger partial charge in [-0.15, -0.1) is 11.8 Å². The van der Waals surface area contributed by atoms with Crippen LogP contribution in [0.25, 0.3) is 5.78 Å². The van der Waals surface area contributed by atoms with Gasteiger partial charge in [0.25, 0.3) is 5.78 Å². The largest absolute Gasteiger partial charge is 0.488 e. The minimum Gasteiger partial charge on any atom is -0.488 e. The fraction of sp³-hybridized carbons (Fsp3) is 0.412. The van der Waals surface area contributed by atoms with Crippen molar-refractivity contribution < 1.29 is 4.74 Å².